The summed E-state index contributed by atoms with van der Waals surface area (Å²) in [6.45, 7) is 1.64. The van der Waals surface area contributed by atoms with E-state index < -0.39 is 17.7 Å². The molecule has 0 spiro atoms. The van der Waals surface area contributed by atoms with E-state index in [4.69, 9.17) is 0 Å². The van der Waals surface area contributed by atoms with Crippen molar-refractivity contribution in [2.45, 2.75) is 51.1 Å². The molecule has 0 bridgehead atoms. The second-order valence-corrected chi connectivity index (χ2v) is 6.03. The molecule has 0 aliphatic carbocycles. The second kappa shape index (κ2) is 5.04. The summed E-state index contributed by atoms with van der Waals surface area (Å²) < 4.78 is 40.3. The number of benzene rings is 1. The van der Waals surface area contributed by atoms with Crippen LogP contribution in [0.1, 0.15) is 44.2 Å². The molecule has 2 nitrogen and oxygen atoms in total. The Morgan fingerprint density at radius 1 is 1.38 bits per heavy atom. The van der Waals surface area contributed by atoms with Crippen LogP contribution in [-0.2, 0) is 4.79 Å². The molecular weight excluding hydrogens is 279 g/mol. The average molecular weight is 297 g/mol. The van der Waals surface area contributed by atoms with Crippen LogP contribution in [0.15, 0.2) is 24.3 Å². The van der Waals surface area contributed by atoms with Gasteiger partial charge in [0.25, 0.3) is 6.43 Å². The van der Waals surface area contributed by atoms with Gasteiger partial charge in [-0.25, -0.2) is 13.2 Å². The molecular formula is C16H18F3NO. The minimum Gasteiger partial charge on any atom is -0.332 e. The van der Waals surface area contributed by atoms with Crippen molar-refractivity contribution >= 4 is 5.91 Å². The maximum atomic E-state index is 13.4. The van der Waals surface area contributed by atoms with Gasteiger partial charge in [0.05, 0.1) is 6.04 Å². The summed E-state index contributed by atoms with van der Waals surface area (Å²) in [4.78, 5) is 14.2. The van der Waals surface area contributed by atoms with E-state index in [0.717, 1.165) is 0 Å². The van der Waals surface area contributed by atoms with Gasteiger partial charge in [-0.05, 0) is 43.4 Å². The standard InChI is InChI=1S/C16H18F3NO/c1-2-16(14(18)19)9-12-6-7-13(20(12)15(16)21)10-4-3-5-11(17)8-10/h3-5,8,12-14H,2,6-7,9H2,1H3/t12-,13+,16-/m1/s1. The van der Waals surface area contributed by atoms with E-state index in [9.17, 15) is 18.0 Å². The summed E-state index contributed by atoms with van der Waals surface area (Å²) in [5, 5.41) is 0. The van der Waals surface area contributed by atoms with E-state index in [1.165, 1.54) is 12.1 Å². The maximum Gasteiger partial charge on any atom is 0.252 e. The number of amides is 1. The molecule has 2 aliphatic heterocycles. The molecule has 5 heteroatoms. The van der Waals surface area contributed by atoms with Crippen molar-refractivity contribution in [1.82, 2.24) is 4.90 Å². The lowest BCUT2D eigenvalue weighted by Gasteiger charge is -2.29. The first-order valence-electron chi connectivity index (χ1n) is 7.36. The fraction of sp³-hybridized carbons (Fsp3) is 0.562. The minimum atomic E-state index is -2.64. The highest BCUT2D eigenvalue weighted by Crippen LogP contribution is 2.52. The molecule has 2 heterocycles. The van der Waals surface area contributed by atoms with Gasteiger partial charge in [-0.2, -0.15) is 0 Å². The van der Waals surface area contributed by atoms with Crippen molar-refractivity contribution in [2.24, 2.45) is 5.41 Å². The number of carbonyl (C=O) groups excluding carboxylic acids is 1. The largest absolute Gasteiger partial charge is 0.332 e. The van der Waals surface area contributed by atoms with E-state index in [-0.39, 0.29) is 30.7 Å². The number of nitrogens with zero attached hydrogens (tertiary/aromatic N) is 1. The van der Waals surface area contributed by atoms with Crippen LogP contribution >= 0.6 is 0 Å². The fourth-order valence-electron chi connectivity index (χ4n) is 3.83. The van der Waals surface area contributed by atoms with Gasteiger partial charge in [0, 0.05) is 6.04 Å². The van der Waals surface area contributed by atoms with E-state index in [1.807, 2.05) is 0 Å². The molecule has 3 rings (SSSR count). The maximum absolute atomic E-state index is 13.4. The Bertz CT molecular complexity index is 562. The smallest absolute Gasteiger partial charge is 0.252 e. The van der Waals surface area contributed by atoms with Gasteiger partial charge in [-0.3, -0.25) is 4.79 Å². The molecule has 21 heavy (non-hydrogen) atoms. The molecule has 2 fully saturated rings. The number of alkyl halides is 2. The lowest BCUT2D eigenvalue weighted by Crippen LogP contribution is -2.40. The summed E-state index contributed by atoms with van der Waals surface area (Å²) in [5.41, 5.74) is -0.844. The Labute approximate surface area is 121 Å². The summed E-state index contributed by atoms with van der Waals surface area (Å²) in [7, 11) is 0. The van der Waals surface area contributed by atoms with Crippen molar-refractivity contribution in [3.63, 3.8) is 0 Å². The third-order valence-corrected chi connectivity index (χ3v) is 5.04. The molecule has 0 unspecified atom stereocenters. The Morgan fingerprint density at radius 3 is 2.76 bits per heavy atom. The van der Waals surface area contributed by atoms with Gasteiger partial charge in [0.1, 0.15) is 11.2 Å². The van der Waals surface area contributed by atoms with Gasteiger partial charge in [0.2, 0.25) is 5.91 Å². The Balaban J connectivity index is 1.94. The summed E-state index contributed by atoms with van der Waals surface area (Å²) in [5.74, 6) is -0.824. The third-order valence-electron chi connectivity index (χ3n) is 5.04. The van der Waals surface area contributed by atoms with Gasteiger partial charge in [-0.15, -0.1) is 0 Å². The van der Waals surface area contributed by atoms with Crippen LogP contribution < -0.4 is 0 Å². The number of carbonyl (C=O) groups is 1. The van der Waals surface area contributed by atoms with E-state index >= 15 is 0 Å². The molecule has 1 amide bonds. The molecule has 1 aromatic carbocycles. The van der Waals surface area contributed by atoms with Crippen molar-refractivity contribution < 1.29 is 18.0 Å². The van der Waals surface area contributed by atoms with Crippen molar-refractivity contribution in [2.75, 3.05) is 0 Å². The Kier molecular flexibility index (Phi) is 3.46. The zero-order chi connectivity index (χ0) is 15.2. The topological polar surface area (TPSA) is 20.3 Å². The van der Waals surface area contributed by atoms with Crippen LogP contribution in [-0.4, -0.2) is 23.3 Å². The SMILES string of the molecule is CC[C@]1(C(F)F)C[C@H]2CC[C@@H](c3cccc(F)c3)N2C1=O. The first kappa shape index (κ1) is 14.4. The molecule has 0 aromatic heterocycles. The summed E-state index contributed by atoms with van der Waals surface area (Å²) in [6.07, 6.45) is -0.864. The third kappa shape index (κ3) is 2.05. The van der Waals surface area contributed by atoms with Crippen molar-refractivity contribution in [3.8, 4) is 0 Å². The summed E-state index contributed by atoms with van der Waals surface area (Å²) in [6, 6.07) is 5.69. The first-order chi connectivity index (χ1) is 9.99. The second-order valence-electron chi connectivity index (χ2n) is 6.03. The van der Waals surface area contributed by atoms with Gasteiger partial charge >= 0.3 is 0 Å². The zero-order valence-corrected chi connectivity index (χ0v) is 11.9. The number of rotatable bonds is 3. The lowest BCUT2D eigenvalue weighted by molar-refractivity contribution is -0.146. The molecule has 2 aliphatic rings. The predicted octanol–water partition coefficient (Wildman–Crippen LogP) is 3.92. The van der Waals surface area contributed by atoms with Crippen LogP contribution in [0.5, 0.6) is 0 Å². The molecule has 114 valence electrons. The van der Waals surface area contributed by atoms with E-state index in [1.54, 1.807) is 24.0 Å². The number of hydrogen-bond donors (Lipinski definition) is 0. The van der Waals surface area contributed by atoms with E-state index in [0.29, 0.717) is 18.4 Å². The van der Waals surface area contributed by atoms with E-state index in [2.05, 4.69) is 0 Å². The summed E-state index contributed by atoms with van der Waals surface area (Å²) >= 11 is 0. The Morgan fingerprint density at radius 2 is 2.14 bits per heavy atom. The molecule has 1 aromatic rings. The molecule has 0 saturated carbocycles. The lowest BCUT2D eigenvalue weighted by atomic mass is 9.81. The highest BCUT2D eigenvalue weighted by molar-refractivity contribution is 5.86. The monoisotopic (exact) mass is 297 g/mol. The zero-order valence-electron chi connectivity index (χ0n) is 11.9. The highest BCUT2D eigenvalue weighted by atomic mass is 19.3. The Hall–Kier alpha value is -1.52. The predicted molar refractivity (Wildman–Crippen MR) is 72.4 cm³/mol. The van der Waals surface area contributed by atoms with Crippen LogP contribution in [0.4, 0.5) is 13.2 Å². The van der Waals surface area contributed by atoms with Gasteiger partial charge < -0.3 is 4.90 Å². The number of fused-ring (bicyclic) bond motifs is 1. The van der Waals surface area contributed by atoms with Crippen LogP contribution in [0, 0.1) is 11.2 Å². The van der Waals surface area contributed by atoms with Crippen LogP contribution in [0.2, 0.25) is 0 Å². The van der Waals surface area contributed by atoms with Crippen molar-refractivity contribution in [1.29, 1.82) is 0 Å². The van der Waals surface area contributed by atoms with Gasteiger partial charge in [-0.1, -0.05) is 19.1 Å². The fourth-order valence-corrected chi connectivity index (χ4v) is 3.83. The molecule has 0 radical (unpaired) electrons. The van der Waals surface area contributed by atoms with Gasteiger partial charge in [0.15, 0.2) is 0 Å². The van der Waals surface area contributed by atoms with Crippen LogP contribution in [0.3, 0.4) is 0 Å². The van der Waals surface area contributed by atoms with Crippen molar-refractivity contribution in [3.05, 3.63) is 35.6 Å². The first-order valence-corrected chi connectivity index (χ1v) is 7.36. The number of halogens is 3. The molecule has 0 N–H and O–H groups in total. The highest BCUT2D eigenvalue weighted by Gasteiger charge is 2.59. The minimum absolute atomic E-state index is 0.139. The normalized spacial score (nSPS) is 32.0. The average Bonchev–Trinajstić information content (AvgIpc) is 2.98. The molecule has 2 saturated heterocycles. The number of hydrogen-bond acceptors (Lipinski definition) is 1. The quantitative estimate of drug-likeness (QED) is 0.828. The van der Waals surface area contributed by atoms with Crippen LogP contribution in [0.25, 0.3) is 0 Å². The molecule has 3 atom stereocenters.